The highest BCUT2D eigenvalue weighted by Crippen LogP contribution is 2.32. The first-order chi connectivity index (χ1) is 10.7. The summed E-state index contributed by atoms with van der Waals surface area (Å²) >= 11 is 0. The molecule has 0 bridgehead atoms. The smallest absolute Gasteiger partial charge is 0.231 e. The number of carbonyl (C=O) groups is 1. The number of ether oxygens (including phenoxy) is 3. The maximum Gasteiger partial charge on any atom is 0.231 e. The van der Waals surface area contributed by atoms with Crippen molar-refractivity contribution in [2.24, 2.45) is 0 Å². The molecule has 22 heavy (non-hydrogen) atoms. The Balaban J connectivity index is 1.71. The Morgan fingerprint density at radius 1 is 1.18 bits per heavy atom. The van der Waals surface area contributed by atoms with Crippen molar-refractivity contribution in [2.45, 2.75) is 13.3 Å². The molecule has 1 aliphatic rings. The zero-order valence-corrected chi connectivity index (χ0v) is 12.5. The first-order valence-corrected chi connectivity index (χ1v) is 6.99. The number of fused-ring (bicyclic) bond motifs is 1. The van der Waals surface area contributed by atoms with Crippen molar-refractivity contribution in [1.82, 2.24) is 0 Å². The van der Waals surface area contributed by atoms with E-state index in [-0.39, 0.29) is 19.1 Å². The average Bonchev–Trinajstić information content (AvgIpc) is 2.95. The summed E-state index contributed by atoms with van der Waals surface area (Å²) < 4.78 is 15.8. The summed E-state index contributed by atoms with van der Waals surface area (Å²) in [7, 11) is 1.58. The average molecular weight is 299 g/mol. The molecule has 0 fully saturated rings. The Morgan fingerprint density at radius 2 is 2.00 bits per heavy atom. The van der Waals surface area contributed by atoms with E-state index in [0.717, 1.165) is 11.1 Å². The third-order valence-electron chi connectivity index (χ3n) is 3.43. The molecule has 0 unspecified atom stereocenters. The molecule has 1 heterocycles. The molecule has 0 radical (unpaired) electrons. The number of anilines is 1. The lowest BCUT2D eigenvalue weighted by Crippen LogP contribution is -2.15. The molecule has 5 heteroatoms. The fraction of sp³-hybridized carbons (Fsp3) is 0.235. The number of hydrogen-bond acceptors (Lipinski definition) is 4. The summed E-state index contributed by atoms with van der Waals surface area (Å²) in [5, 5.41) is 2.88. The molecule has 2 aromatic carbocycles. The third-order valence-corrected chi connectivity index (χ3v) is 3.43. The van der Waals surface area contributed by atoms with Crippen LogP contribution in [0.15, 0.2) is 36.4 Å². The van der Waals surface area contributed by atoms with E-state index in [1.165, 1.54) is 0 Å². The van der Waals surface area contributed by atoms with Crippen molar-refractivity contribution in [3.63, 3.8) is 0 Å². The van der Waals surface area contributed by atoms with Gasteiger partial charge in [0, 0.05) is 0 Å². The minimum absolute atomic E-state index is 0.109. The second kappa shape index (κ2) is 5.97. The van der Waals surface area contributed by atoms with Gasteiger partial charge in [0.1, 0.15) is 5.75 Å². The van der Waals surface area contributed by atoms with Crippen LogP contribution >= 0.6 is 0 Å². The van der Waals surface area contributed by atoms with E-state index in [9.17, 15) is 4.79 Å². The number of rotatable bonds is 4. The predicted molar refractivity (Wildman–Crippen MR) is 82.6 cm³/mol. The predicted octanol–water partition coefficient (Wildman–Crippen LogP) is 2.91. The second-order valence-electron chi connectivity index (χ2n) is 5.12. The lowest BCUT2D eigenvalue weighted by atomic mass is 10.1. The fourth-order valence-corrected chi connectivity index (χ4v) is 2.35. The van der Waals surface area contributed by atoms with Gasteiger partial charge >= 0.3 is 0 Å². The van der Waals surface area contributed by atoms with E-state index < -0.39 is 0 Å². The molecule has 0 spiro atoms. The maximum absolute atomic E-state index is 12.2. The summed E-state index contributed by atoms with van der Waals surface area (Å²) in [6.07, 6.45) is 0.258. The quantitative estimate of drug-likeness (QED) is 0.943. The van der Waals surface area contributed by atoms with Gasteiger partial charge in [-0.15, -0.1) is 0 Å². The number of carbonyl (C=O) groups excluding carboxylic acids is 1. The van der Waals surface area contributed by atoms with Crippen LogP contribution in [0.5, 0.6) is 17.2 Å². The maximum atomic E-state index is 12.2. The van der Waals surface area contributed by atoms with Gasteiger partial charge < -0.3 is 19.5 Å². The molecule has 5 nitrogen and oxygen atoms in total. The monoisotopic (exact) mass is 299 g/mol. The summed E-state index contributed by atoms with van der Waals surface area (Å²) in [6.45, 7) is 2.19. The van der Waals surface area contributed by atoms with Gasteiger partial charge in [-0.1, -0.05) is 12.1 Å². The van der Waals surface area contributed by atoms with E-state index in [2.05, 4.69) is 5.32 Å². The molecular formula is C17H17NO4. The van der Waals surface area contributed by atoms with Gasteiger partial charge in [-0.25, -0.2) is 0 Å². The van der Waals surface area contributed by atoms with Crippen molar-refractivity contribution in [3.8, 4) is 17.2 Å². The molecule has 0 saturated heterocycles. The lowest BCUT2D eigenvalue weighted by molar-refractivity contribution is -0.115. The van der Waals surface area contributed by atoms with E-state index in [4.69, 9.17) is 14.2 Å². The third kappa shape index (κ3) is 2.98. The van der Waals surface area contributed by atoms with Crippen molar-refractivity contribution in [1.29, 1.82) is 0 Å². The molecule has 1 aliphatic heterocycles. The van der Waals surface area contributed by atoms with Crippen LogP contribution in [0, 0.1) is 6.92 Å². The molecule has 114 valence electrons. The zero-order chi connectivity index (χ0) is 15.5. The van der Waals surface area contributed by atoms with Crippen LogP contribution in [0.4, 0.5) is 5.69 Å². The highest BCUT2D eigenvalue weighted by atomic mass is 16.7. The Morgan fingerprint density at radius 3 is 2.82 bits per heavy atom. The standard InChI is InChI=1S/C17H17NO4/c1-11-3-5-14(20-2)13(7-11)18-17(19)9-12-4-6-15-16(8-12)22-10-21-15/h3-8H,9-10H2,1-2H3,(H,18,19). The highest BCUT2D eigenvalue weighted by Gasteiger charge is 2.15. The van der Waals surface area contributed by atoms with Gasteiger partial charge in [-0.2, -0.15) is 0 Å². The molecule has 1 amide bonds. The SMILES string of the molecule is COc1ccc(C)cc1NC(=O)Cc1ccc2c(c1)OCO2. The van der Waals surface area contributed by atoms with Crippen molar-refractivity contribution >= 4 is 11.6 Å². The number of benzene rings is 2. The van der Waals surface area contributed by atoms with Gasteiger partial charge in [0.05, 0.1) is 19.2 Å². The number of aryl methyl sites for hydroxylation is 1. The molecule has 0 aromatic heterocycles. The van der Waals surface area contributed by atoms with E-state index in [1.807, 2.05) is 43.3 Å². The summed E-state index contributed by atoms with van der Waals surface area (Å²) in [6, 6.07) is 11.2. The molecule has 0 aliphatic carbocycles. The van der Waals surface area contributed by atoms with Gasteiger partial charge in [0.2, 0.25) is 12.7 Å². The molecule has 1 N–H and O–H groups in total. The normalized spacial score (nSPS) is 12.1. The topological polar surface area (TPSA) is 56.8 Å². The molecule has 2 aromatic rings. The highest BCUT2D eigenvalue weighted by molar-refractivity contribution is 5.93. The van der Waals surface area contributed by atoms with Crippen LogP contribution in [0.2, 0.25) is 0 Å². The summed E-state index contributed by atoms with van der Waals surface area (Å²) in [4.78, 5) is 12.2. The first-order valence-electron chi connectivity index (χ1n) is 6.99. The number of amides is 1. The van der Waals surface area contributed by atoms with Crippen molar-refractivity contribution in [3.05, 3.63) is 47.5 Å². The van der Waals surface area contributed by atoms with Crippen molar-refractivity contribution in [2.75, 3.05) is 19.2 Å². The summed E-state index contributed by atoms with van der Waals surface area (Å²) in [5.74, 6) is 1.93. The molecule has 0 saturated carbocycles. The first kappa shape index (κ1) is 14.3. The lowest BCUT2D eigenvalue weighted by Gasteiger charge is -2.11. The minimum atomic E-state index is -0.109. The van der Waals surface area contributed by atoms with Crippen LogP contribution < -0.4 is 19.5 Å². The number of nitrogens with one attached hydrogen (secondary N) is 1. The van der Waals surface area contributed by atoms with Crippen molar-refractivity contribution < 1.29 is 19.0 Å². The Labute approximate surface area is 128 Å². The summed E-state index contributed by atoms with van der Waals surface area (Å²) in [5.41, 5.74) is 2.60. The Kier molecular flexibility index (Phi) is 3.87. The zero-order valence-electron chi connectivity index (χ0n) is 12.5. The molecule has 3 rings (SSSR count). The van der Waals surface area contributed by atoms with Crippen LogP contribution in [-0.4, -0.2) is 19.8 Å². The van der Waals surface area contributed by atoms with Gasteiger partial charge in [0.25, 0.3) is 0 Å². The number of hydrogen-bond donors (Lipinski definition) is 1. The second-order valence-corrected chi connectivity index (χ2v) is 5.12. The van der Waals surface area contributed by atoms with Crippen LogP contribution in [-0.2, 0) is 11.2 Å². The Hall–Kier alpha value is -2.69. The van der Waals surface area contributed by atoms with Crippen LogP contribution in [0.3, 0.4) is 0 Å². The number of methoxy groups -OCH3 is 1. The largest absolute Gasteiger partial charge is 0.495 e. The fourth-order valence-electron chi connectivity index (χ4n) is 2.35. The van der Waals surface area contributed by atoms with Gasteiger partial charge in [-0.05, 0) is 42.3 Å². The molecule has 0 atom stereocenters. The van der Waals surface area contributed by atoms with Gasteiger partial charge in [-0.3, -0.25) is 4.79 Å². The van der Waals surface area contributed by atoms with E-state index >= 15 is 0 Å². The van der Waals surface area contributed by atoms with E-state index in [0.29, 0.717) is 22.9 Å². The van der Waals surface area contributed by atoms with Crippen LogP contribution in [0.1, 0.15) is 11.1 Å². The minimum Gasteiger partial charge on any atom is -0.495 e. The van der Waals surface area contributed by atoms with Gasteiger partial charge in [0.15, 0.2) is 11.5 Å². The van der Waals surface area contributed by atoms with E-state index in [1.54, 1.807) is 7.11 Å². The van der Waals surface area contributed by atoms with Crippen LogP contribution in [0.25, 0.3) is 0 Å². The molecular weight excluding hydrogens is 282 g/mol. The Bertz CT molecular complexity index is 712.